The van der Waals surface area contributed by atoms with Crippen LogP contribution in [0.1, 0.15) is 43.1 Å². The van der Waals surface area contributed by atoms with E-state index in [9.17, 15) is 19.5 Å². The Morgan fingerprint density at radius 1 is 1.10 bits per heavy atom. The van der Waals surface area contributed by atoms with Gasteiger partial charge >= 0.3 is 11.9 Å². The number of aliphatic carboxylic acids is 1. The summed E-state index contributed by atoms with van der Waals surface area (Å²) in [5.74, 6) is -3.50. The fourth-order valence-corrected chi connectivity index (χ4v) is 2.98. The van der Waals surface area contributed by atoms with Gasteiger partial charge in [-0.25, -0.2) is 0 Å². The van der Waals surface area contributed by atoms with Crippen LogP contribution < -0.4 is 5.73 Å². The zero-order valence-electron chi connectivity index (χ0n) is 16.9. The largest absolute Gasteiger partial charge is 0.481 e. The zero-order valence-corrected chi connectivity index (χ0v) is 16.9. The summed E-state index contributed by atoms with van der Waals surface area (Å²) >= 11 is 0. The lowest BCUT2D eigenvalue weighted by Crippen LogP contribution is -2.44. The van der Waals surface area contributed by atoms with Gasteiger partial charge in [-0.15, -0.1) is 0 Å². The first-order valence-electron chi connectivity index (χ1n) is 9.46. The van der Waals surface area contributed by atoms with Gasteiger partial charge in [-0.1, -0.05) is 42.5 Å². The van der Waals surface area contributed by atoms with Gasteiger partial charge in [0.05, 0.1) is 0 Å². The first-order chi connectivity index (χ1) is 13.6. The van der Waals surface area contributed by atoms with Gasteiger partial charge in [-0.2, -0.15) is 0 Å². The van der Waals surface area contributed by atoms with E-state index >= 15 is 0 Å². The molecule has 6 heteroatoms. The lowest BCUT2D eigenvalue weighted by molar-refractivity contribution is -0.167. The van der Waals surface area contributed by atoms with Crippen molar-refractivity contribution in [3.63, 3.8) is 0 Å². The third-order valence-corrected chi connectivity index (χ3v) is 4.43. The molecule has 2 aromatic rings. The van der Waals surface area contributed by atoms with Gasteiger partial charge in [0.25, 0.3) is 0 Å². The third kappa shape index (κ3) is 6.54. The molecule has 29 heavy (non-hydrogen) atoms. The number of carbonyl (C=O) groups excluding carboxylic acids is 2. The van der Waals surface area contributed by atoms with E-state index in [1.54, 1.807) is 26.8 Å². The first kappa shape index (κ1) is 22.3. The highest BCUT2D eigenvalue weighted by atomic mass is 16.6. The van der Waals surface area contributed by atoms with E-state index in [0.29, 0.717) is 18.4 Å². The molecule has 0 aromatic heterocycles. The second-order valence-electron chi connectivity index (χ2n) is 7.99. The van der Waals surface area contributed by atoms with Crippen molar-refractivity contribution in [3.05, 3.63) is 59.7 Å². The number of hydrogen-bond donors (Lipinski definition) is 2. The van der Waals surface area contributed by atoms with Gasteiger partial charge < -0.3 is 15.6 Å². The molecule has 6 nitrogen and oxygen atoms in total. The van der Waals surface area contributed by atoms with E-state index in [0.717, 1.165) is 23.0 Å². The van der Waals surface area contributed by atoms with E-state index in [-0.39, 0.29) is 0 Å². The normalized spacial score (nSPS) is 13.4. The molecule has 3 N–H and O–H groups in total. The summed E-state index contributed by atoms with van der Waals surface area (Å²) in [5, 5.41) is 9.41. The maximum absolute atomic E-state index is 12.2. The van der Waals surface area contributed by atoms with Crippen LogP contribution in [0.15, 0.2) is 48.5 Å². The topological polar surface area (TPSA) is 107 Å². The van der Waals surface area contributed by atoms with Gasteiger partial charge in [0.2, 0.25) is 0 Å². The maximum atomic E-state index is 12.2. The van der Waals surface area contributed by atoms with Crippen LogP contribution in [0.3, 0.4) is 0 Å². The zero-order chi connectivity index (χ0) is 21.6. The van der Waals surface area contributed by atoms with Crippen molar-refractivity contribution in [1.29, 1.82) is 0 Å². The Labute approximate surface area is 170 Å². The molecule has 154 valence electrons. The van der Waals surface area contributed by atoms with Crippen LogP contribution in [0.5, 0.6) is 0 Å². The summed E-state index contributed by atoms with van der Waals surface area (Å²) in [5.41, 5.74) is 8.74. The Bertz CT molecular complexity index is 868. The quantitative estimate of drug-likeness (QED) is 0.401. The second-order valence-corrected chi connectivity index (χ2v) is 7.99. The Morgan fingerprint density at radius 2 is 1.76 bits per heavy atom. The molecule has 0 spiro atoms. The third-order valence-electron chi connectivity index (χ3n) is 4.43. The molecule has 0 fully saturated rings. The number of carbonyl (C=O) groups is 3. The van der Waals surface area contributed by atoms with E-state index in [4.69, 9.17) is 10.5 Å². The lowest BCUT2D eigenvalue weighted by atomic mass is 9.93. The monoisotopic (exact) mass is 397 g/mol. The number of carboxylic acids is 1. The van der Waals surface area contributed by atoms with Crippen molar-refractivity contribution in [1.82, 2.24) is 0 Å². The summed E-state index contributed by atoms with van der Waals surface area (Å²) in [6, 6.07) is 14.2. The number of rotatable bonds is 8. The molecule has 0 aliphatic rings. The standard InChI is InChI=1S/C23H27NO5/c1-23(2,3)29-22(28)20(21(26)27)19(24)12-9-15-7-10-17(11-8-15)18-6-4-5-16(13-18)14-25/h4-8,10-11,13-14,19-20H,9,12,24H2,1-3H3,(H,26,27). The van der Waals surface area contributed by atoms with Crippen LogP contribution in [-0.2, 0) is 20.7 Å². The van der Waals surface area contributed by atoms with E-state index < -0.39 is 29.5 Å². The molecule has 0 aliphatic carbocycles. The van der Waals surface area contributed by atoms with Crippen molar-refractivity contribution in [2.75, 3.05) is 0 Å². The van der Waals surface area contributed by atoms with Crippen LogP contribution in [0.4, 0.5) is 0 Å². The van der Waals surface area contributed by atoms with Crippen molar-refractivity contribution < 1.29 is 24.2 Å². The molecule has 2 unspecified atom stereocenters. The Kier molecular flexibility index (Phi) is 7.29. The fourth-order valence-electron chi connectivity index (χ4n) is 2.98. The highest BCUT2D eigenvalue weighted by Gasteiger charge is 2.36. The number of benzene rings is 2. The number of hydrogen-bond acceptors (Lipinski definition) is 5. The minimum absolute atomic E-state index is 0.330. The predicted molar refractivity (Wildman–Crippen MR) is 111 cm³/mol. The lowest BCUT2D eigenvalue weighted by Gasteiger charge is -2.25. The molecular formula is C23H27NO5. The minimum atomic E-state index is -1.40. The van der Waals surface area contributed by atoms with Gasteiger partial charge in [0, 0.05) is 11.6 Å². The molecule has 2 atom stereocenters. The number of ether oxygens (including phenoxy) is 1. The van der Waals surface area contributed by atoms with Crippen LogP contribution in [0.2, 0.25) is 0 Å². The highest BCUT2D eigenvalue weighted by molar-refractivity contribution is 5.95. The molecule has 0 bridgehead atoms. The Balaban J connectivity index is 2.03. The molecule has 0 saturated heterocycles. The predicted octanol–water partition coefficient (Wildman–Crippen LogP) is 3.47. The Hall–Kier alpha value is -2.99. The maximum Gasteiger partial charge on any atom is 0.322 e. The molecule has 0 amide bonds. The van der Waals surface area contributed by atoms with Gasteiger partial charge in [0.15, 0.2) is 5.92 Å². The molecule has 0 saturated carbocycles. The fraction of sp³-hybridized carbons (Fsp3) is 0.348. The van der Waals surface area contributed by atoms with E-state index in [2.05, 4.69) is 0 Å². The summed E-state index contributed by atoms with van der Waals surface area (Å²) in [6.07, 6.45) is 1.67. The number of aryl methyl sites for hydroxylation is 1. The average Bonchev–Trinajstić information content (AvgIpc) is 2.65. The summed E-state index contributed by atoms with van der Waals surface area (Å²) in [4.78, 5) is 34.7. The van der Waals surface area contributed by atoms with Gasteiger partial charge in [-0.3, -0.25) is 14.4 Å². The van der Waals surface area contributed by atoms with Crippen LogP contribution >= 0.6 is 0 Å². The number of nitrogens with two attached hydrogens (primary N) is 1. The van der Waals surface area contributed by atoms with E-state index in [1.807, 2.05) is 42.5 Å². The molecule has 2 rings (SSSR count). The van der Waals surface area contributed by atoms with E-state index in [1.165, 1.54) is 0 Å². The van der Waals surface area contributed by atoms with Crippen LogP contribution in [-0.4, -0.2) is 35.0 Å². The molecule has 0 radical (unpaired) electrons. The minimum Gasteiger partial charge on any atom is -0.481 e. The highest BCUT2D eigenvalue weighted by Crippen LogP contribution is 2.22. The van der Waals surface area contributed by atoms with Crippen molar-refractivity contribution in [2.24, 2.45) is 11.7 Å². The number of carboxylic acid groups (broad SMARTS) is 1. The SMILES string of the molecule is CC(C)(C)OC(=O)C(C(=O)O)C(N)CCc1ccc(-c2cccc(C=O)c2)cc1. The van der Waals surface area contributed by atoms with Crippen LogP contribution in [0.25, 0.3) is 11.1 Å². The molecular weight excluding hydrogens is 370 g/mol. The summed E-state index contributed by atoms with van der Waals surface area (Å²) in [6.45, 7) is 5.05. The van der Waals surface area contributed by atoms with Crippen molar-refractivity contribution >= 4 is 18.2 Å². The van der Waals surface area contributed by atoms with Gasteiger partial charge in [-0.05, 0) is 56.4 Å². The van der Waals surface area contributed by atoms with Gasteiger partial charge in [0.1, 0.15) is 11.9 Å². The van der Waals surface area contributed by atoms with Crippen LogP contribution in [0, 0.1) is 5.92 Å². The second kappa shape index (κ2) is 9.47. The first-order valence-corrected chi connectivity index (χ1v) is 9.46. The molecule has 0 aliphatic heterocycles. The Morgan fingerprint density at radius 3 is 2.31 bits per heavy atom. The van der Waals surface area contributed by atoms with Crippen molar-refractivity contribution in [3.8, 4) is 11.1 Å². The van der Waals surface area contributed by atoms with Crippen molar-refractivity contribution in [2.45, 2.75) is 45.3 Å². The summed E-state index contributed by atoms with van der Waals surface area (Å²) < 4.78 is 5.19. The summed E-state index contributed by atoms with van der Waals surface area (Å²) in [7, 11) is 0. The smallest absolute Gasteiger partial charge is 0.322 e. The molecule has 2 aromatic carbocycles. The number of aldehydes is 1. The molecule has 0 heterocycles. The number of esters is 1. The average molecular weight is 397 g/mol.